The molecule has 1 saturated heterocycles. The lowest BCUT2D eigenvalue weighted by Crippen LogP contribution is -2.39. The maximum Gasteiger partial charge on any atom is 0.256 e. The van der Waals surface area contributed by atoms with Crippen molar-refractivity contribution < 1.29 is 4.79 Å². The van der Waals surface area contributed by atoms with Crippen LogP contribution in [-0.4, -0.2) is 31.9 Å². The van der Waals surface area contributed by atoms with Crippen molar-refractivity contribution in [2.45, 2.75) is 51.0 Å². The summed E-state index contributed by atoms with van der Waals surface area (Å²) in [7, 11) is 0. The van der Waals surface area contributed by atoms with Gasteiger partial charge in [0.15, 0.2) is 5.65 Å². The summed E-state index contributed by atoms with van der Waals surface area (Å²) in [6, 6.07) is 9.14. The highest BCUT2D eigenvalue weighted by atomic mass is 35.5. The van der Waals surface area contributed by atoms with Crippen molar-refractivity contribution in [3.8, 4) is 0 Å². The van der Waals surface area contributed by atoms with Gasteiger partial charge in [-0.25, -0.2) is 9.50 Å². The lowest BCUT2D eigenvalue weighted by molar-refractivity contribution is 0.0607. The first kappa shape index (κ1) is 18.4. The zero-order valence-electron chi connectivity index (χ0n) is 16.4. The van der Waals surface area contributed by atoms with Crippen molar-refractivity contribution in [1.82, 2.24) is 19.5 Å². The van der Waals surface area contributed by atoms with E-state index in [1.807, 2.05) is 15.5 Å². The van der Waals surface area contributed by atoms with E-state index >= 15 is 0 Å². The SMILES string of the molecule is Cc1cc(C2CC2)nc2cc([C@@H]3CCCCN3C(=O)c3cc(Cl)ccc3N)nn12. The highest BCUT2D eigenvalue weighted by Gasteiger charge is 2.32. The summed E-state index contributed by atoms with van der Waals surface area (Å²) in [4.78, 5) is 20.0. The molecular weight excluding hydrogens is 386 g/mol. The second-order valence-corrected chi connectivity index (χ2v) is 8.61. The number of aryl methyl sites for hydroxylation is 1. The smallest absolute Gasteiger partial charge is 0.256 e. The van der Waals surface area contributed by atoms with Crippen LogP contribution in [0.3, 0.4) is 0 Å². The van der Waals surface area contributed by atoms with Gasteiger partial charge in [0.1, 0.15) is 0 Å². The first-order valence-corrected chi connectivity index (χ1v) is 10.6. The summed E-state index contributed by atoms with van der Waals surface area (Å²) in [6.45, 7) is 2.75. The molecule has 1 aliphatic carbocycles. The number of nitrogens with two attached hydrogens (primary N) is 1. The molecular formula is C22H24ClN5O. The standard InChI is InChI=1S/C22H24ClN5O/c1-13-10-18(14-5-6-14)25-21-12-19(26-28(13)21)20-4-2-3-9-27(20)22(29)16-11-15(23)7-8-17(16)24/h7-8,10-12,14,20H,2-6,9,24H2,1H3/t20-/m0/s1. The number of rotatable bonds is 3. The van der Waals surface area contributed by atoms with Gasteiger partial charge in [-0.3, -0.25) is 4.79 Å². The molecule has 7 heteroatoms. The number of carbonyl (C=O) groups is 1. The van der Waals surface area contributed by atoms with Crippen LogP contribution in [0.2, 0.25) is 5.02 Å². The average Bonchev–Trinajstić information content (AvgIpc) is 3.48. The molecule has 0 unspecified atom stereocenters. The van der Waals surface area contributed by atoms with E-state index in [2.05, 4.69) is 13.0 Å². The largest absolute Gasteiger partial charge is 0.398 e. The first-order chi connectivity index (χ1) is 14.0. The molecule has 2 aliphatic rings. The molecule has 1 atom stereocenters. The van der Waals surface area contributed by atoms with Gasteiger partial charge < -0.3 is 10.6 Å². The Morgan fingerprint density at radius 3 is 2.76 bits per heavy atom. The van der Waals surface area contributed by atoms with Crippen LogP contribution in [0.1, 0.15) is 71.5 Å². The predicted molar refractivity (Wildman–Crippen MR) is 113 cm³/mol. The number of nitrogen functional groups attached to an aromatic ring is 1. The minimum Gasteiger partial charge on any atom is -0.398 e. The molecule has 1 saturated carbocycles. The van der Waals surface area contributed by atoms with Gasteiger partial charge >= 0.3 is 0 Å². The van der Waals surface area contributed by atoms with E-state index in [1.54, 1.807) is 18.2 Å². The number of halogens is 1. The Morgan fingerprint density at radius 2 is 1.97 bits per heavy atom. The molecule has 2 aromatic heterocycles. The first-order valence-electron chi connectivity index (χ1n) is 10.2. The van der Waals surface area contributed by atoms with Crippen LogP contribution in [0.25, 0.3) is 5.65 Å². The van der Waals surface area contributed by atoms with Crippen molar-refractivity contribution >= 4 is 28.8 Å². The molecule has 0 radical (unpaired) electrons. The molecule has 1 amide bonds. The van der Waals surface area contributed by atoms with E-state index in [-0.39, 0.29) is 11.9 Å². The van der Waals surface area contributed by atoms with E-state index in [0.717, 1.165) is 42.0 Å². The van der Waals surface area contributed by atoms with E-state index in [9.17, 15) is 4.79 Å². The fraction of sp³-hybridized carbons (Fsp3) is 0.409. The normalized spacial score (nSPS) is 19.7. The van der Waals surface area contributed by atoms with Crippen LogP contribution < -0.4 is 5.73 Å². The zero-order valence-corrected chi connectivity index (χ0v) is 17.2. The summed E-state index contributed by atoms with van der Waals surface area (Å²) in [5, 5.41) is 5.34. The third kappa shape index (κ3) is 3.35. The second kappa shape index (κ2) is 7.02. The number of nitrogens with zero attached hydrogens (tertiary/aromatic N) is 4. The van der Waals surface area contributed by atoms with Crippen molar-refractivity contribution in [3.63, 3.8) is 0 Å². The summed E-state index contributed by atoms with van der Waals surface area (Å²) in [5.41, 5.74) is 11.0. The topological polar surface area (TPSA) is 76.5 Å². The lowest BCUT2D eigenvalue weighted by Gasteiger charge is -2.35. The van der Waals surface area contributed by atoms with Gasteiger partial charge in [0.25, 0.3) is 5.91 Å². The third-order valence-electron chi connectivity index (χ3n) is 5.99. The van der Waals surface area contributed by atoms with Gasteiger partial charge in [0, 0.05) is 40.6 Å². The van der Waals surface area contributed by atoms with Gasteiger partial charge in [-0.15, -0.1) is 0 Å². The van der Waals surface area contributed by atoms with Crippen LogP contribution >= 0.6 is 11.6 Å². The maximum absolute atomic E-state index is 13.3. The van der Waals surface area contributed by atoms with Crippen molar-refractivity contribution in [2.24, 2.45) is 0 Å². The molecule has 29 heavy (non-hydrogen) atoms. The van der Waals surface area contributed by atoms with Crippen molar-refractivity contribution in [1.29, 1.82) is 0 Å². The van der Waals surface area contributed by atoms with E-state index in [0.29, 0.717) is 28.7 Å². The maximum atomic E-state index is 13.3. The number of aromatic nitrogens is 3. The molecule has 0 spiro atoms. The molecule has 5 rings (SSSR count). The van der Waals surface area contributed by atoms with Gasteiger partial charge in [-0.1, -0.05) is 11.6 Å². The average molecular weight is 410 g/mol. The quantitative estimate of drug-likeness (QED) is 0.645. The molecule has 0 bridgehead atoms. The fourth-order valence-electron chi connectivity index (χ4n) is 4.27. The number of carbonyl (C=O) groups excluding carboxylic acids is 1. The Kier molecular flexibility index (Phi) is 4.46. The zero-order chi connectivity index (χ0) is 20.1. The Labute approximate surface area is 174 Å². The number of hydrogen-bond acceptors (Lipinski definition) is 4. The monoisotopic (exact) mass is 409 g/mol. The van der Waals surface area contributed by atoms with Gasteiger partial charge in [0.2, 0.25) is 0 Å². The van der Waals surface area contributed by atoms with Gasteiger partial charge in [-0.05, 0) is 63.3 Å². The number of fused-ring (bicyclic) bond motifs is 1. The van der Waals surface area contributed by atoms with E-state index in [1.165, 1.54) is 12.8 Å². The molecule has 6 nitrogen and oxygen atoms in total. The van der Waals surface area contributed by atoms with E-state index in [4.69, 9.17) is 27.4 Å². The third-order valence-corrected chi connectivity index (χ3v) is 6.23. The Hall–Kier alpha value is -2.60. The van der Waals surface area contributed by atoms with Gasteiger partial charge in [-0.2, -0.15) is 5.10 Å². The Bertz CT molecular complexity index is 1100. The van der Waals surface area contributed by atoms with Crippen LogP contribution in [0.15, 0.2) is 30.3 Å². The van der Waals surface area contributed by atoms with Crippen LogP contribution in [0.5, 0.6) is 0 Å². The van der Waals surface area contributed by atoms with Crippen molar-refractivity contribution in [2.75, 3.05) is 12.3 Å². The van der Waals surface area contributed by atoms with Gasteiger partial charge in [0.05, 0.1) is 17.3 Å². The summed E-state index contributed by atoms with van der Waals surface area (Å²) in [5.74, 6) is 0.505. The molecule has 2 N–H and O–H groups in total. The molecule has 1 aromatic carbocycles. The molecule has 2 fully saturated rings. The summed E-state index contributed by atoms with van der Waals surface area (Å²) >= 11 is 6.12. The second-order valence-electron chi connectivity index (χ2n) is 8.18. The number of piperidine rings is 1. The minimum absolute atomic E-state index is 0.0832. The highest BCUT2D eigenvalue weighted by Crippen LogP contribution is 2.40. The van der Waals surface area contributed by atoms with Crippen LogP contribution in [0, 0.1) is 6.92 Å². The summed E-state index contributed by atoms with van der Waals surface area (Å²) in [6.07, 6.45) is 5.35. The molecule has 150 valence electrons. The fourth-order valence-corrected chi connectivity index (χ4v) is 4.44. The number of likely N-dealkylation sites (tertiary alicyclic amines) is 1. The number of hydrogen-bond donors (Lipinski definition) is 1. The van der Waals surface area contributed by atoms with E-state index < -0.39 is 0 Å². The Morgan fingerprint density at radius 1 is 1.14 bits per heavy atom. The van der Waals surface area contributed by atoms with Crippen molar-refractivity contribution in [3.05, 3.63) is 58.0 Å². The van der Waals surface area contributed by atoms with Crippen LogP contribution in [0.4, 0.5) is 5.69 Å². The number of amides is 1. The van der Waals surface area contributed by atoms with Crippen LogP contribution in [-0.2, 0) is 0 Å². The Balaban J connectivity index is 1.52. The molecule has 3 aromatic rings. The molecule has 3 heterocycles. The lowest BCUT2D eigenvalue weighted by atomic mass is 9.98. The predicted octanol–water partition coefficient (Wildman–Crippen LogP) is 4.52. The summed E-state index contributed by atoms with van der Waals surface area (Å²) < 4.78 is 1.90. The molecule has 1 aliphatic heterocycles. The minimum atomic E-state index is -0.0879. The number of anilines is 1. The number of benzene rings is 1. The highest BCUT2D eigenvalue weighted by molar-refractivity contribution is 6.31.